The van der Waals surface area contributed by atoms with E-state index in [1.54, 1.807) is 0 Å². The third kappa shape index (κ3) is 1.98. The van der Waals surface area contributed by atoms with Crippen molar-refractivity contribution in [1.82, 2.24) is 0 Å². The van der Waals surface area contributed by atoms with Gasteiger partial charge in [0.2, 0.25) is 0 Å². The van der Waals surface area contributed by atoms with Gasteiger partial charge in [0.1, 0.15) is 5.78 Å². The average Bonchev–Trinajstić information content (AvgIpc) is 2.54. The monoisotopic (exact) mass is 226 g/mol. The van der Waals surface area contributed by atoms with Crippen LogP contribution in [-0.2, 0) is 4.79 Å². The molecule has 0 aromatic carbocycles. The van der Waals surface area contributed by atoms with Crippen LogP contribution in [-0.4, -0.2) is 11.5 Å². The SMILES string of the molecule is CC12CCCC(=O)C1CCC2CCCS. The van der Waals surface area contributed by atoms with Crippen molar-refractivity contribution in [3.63, 3.8) is 0 Å². The first-order valence-electron chi connectivity index (χ1n) is 6.32. The minimum absolute atomic E-state index is 0.346. The van der Waals surface area contributed by atoms with Crippen LogP contribution in [0, 0.1) is 17.3 Å². The largest absolute Gasteiger partial charge is 0.299 e. The Bertz CT molecular complexity index is 251. The molecular formula is C13H22OS. The Balaban J connectivity index is 2.07. The van der Waals surface area contributed by atoms with Crippen LogP contribution in [0.15, 0.2) is 0 Å². The Hall–Kier alpha value is 0.0200. The van der Waals surface area contributed by atoms with Crippen LogP contribution in [0.1, 0.15) is 51.9 Å². The molecule has 0 aromatic rings. The number of hydrogen-bond acceptors (Lipinski definition) is 2. The van der Waals surface area contributed by atoms with Crippen molar-refractivity contribution in [3.05, 3.63) is 0 Å². The van der Waals surface area contributed by atoms with E-state index in [-0.39, 0.29) is 0 Å². The lowest BCUT2D eigenvalue weighted by atomic mass is 9.64. The van der Waals surface area contributed by atoms with Gasteiger partial charge in [-0.05, 0) is 55.6 Å². The molecule has 0 radical (unpaired) electrons. The summed E-state index contributed by atoms with van der Waals surface area (Å²) in [5.74, 6) is 2.73. The van der Waals surface area contributed by atoms with Gasteiger partial charge in [0.25, 0.3) is 0 Å². The predicted octanol–water partition coefficient (Wildman–Crippen LogP) is 3.48. The molecule has 0 N–H and O–H groups in total. The van der Waals surface area contributed by atoms with Crippen molar-refractivity contribution in [2.24, 2.45) is 17.3 Å². The number of rotatable bonds is 3. The molecule has 2 saturated carbocycles. The fraction of sp³-hybridized carbons (Fsp3) is 0.923. The van der Waals surface area contributed by atoms with Gasteiger partial charge in [-0.2, -0.15) is 12.6 Å². The normalized spacial score (nSPS) is 40.5. The highest BCUT2D eigenvalue weighted by Crippen LogP contribution is 2.55. The molecule has 3 unspecified atom stereocenters. The molecule has 0 spiro atoms. The summed E-state index contributed by atoms with van der Waals surface area (Å²) in [4.78, 5) is 11.9. The maximum Gasteiger partial charge on any atom is 0.136 e. The number of Topliss-reactive ketones (excluding diaryl/α,β-unsaturated/α-hetero) is 1. The molecule has 0 aliphatic heterocycles. The second kappa shape index (κ2) is 4.48. The second-order valence-electron chi connectivity index (χ2n) is 5.52. The number of carbonyl (C=O) groups is 1. The Morgan fingerprint density at radius 2 is 2.27 bits per heavy atom. The van der Waals surface area contributed by atoms with Crippen LogP contribution >= 0.6 is 12.6 Å². The molecule has 15 heavy (non-hydrogen) atoms. The van der Waals surface area contributed by atoms with E-state index >= 15 is 0 Å². The molecule has 0 saturated heterocycles. The van der Waals surface area contributed by atoms with Gasteiger partial charge >= 0.3 is 0 Å². The van der Waals surface area contributed by atoms with Crippen molar-refractivity contribution >= 4 is 18.4 Å². The van der Waals surface area contributed by atoms with E-state index in [0.717, 1.165) is 30.9 Å². The van der Waals surface area contributed by atoms with Gasteiger partial charge in [0.05, 0.1) is 0 Å². The first-order chi connectivity index (χ1) is 7.18. The zero-order chi connectivity index (χ0) is 10.9. The van der Waals surface area contributed by atoms with Gasteiger partial charge in [-0.3, -0.25) is 4.79 Å². The fourth-order valence-electron chi connectivity index (χ4n) is 3.85. The van der Waals surface area contributed by atoms with Crippen molar-refractivity contribution in [2.75, 3.05) is 5.75 Å². The van der Waals surface area contributed by atoms with E-state index in [2.05, 4.69) is 19.6 Å². The van der Waals surface area contributed by atoms with Gasteiger partial charge in [-0.15, -0.1) is 0 Å². The second-order valence-corrected chi connectivity index (χ2v) is 5.97. The van der Waals surface area contributed by atoms with Crippen molar-refractivity contribution in [3.8, 4) is 0 Å². The summed E-state index contributed by atoms with van der Waals surface area (Å²) in [5, 5.41) is 0. The number of hydrogen-bond donors (Lipinski definition) is 1. The number of carbonyl (C=O) groups excluding carboxylic acids is 1. The standard InChI is InChI=1S/C13H22OS/c1-13-8-2-5-12(14)11(13)7-6-10(13)4-3-9-15/h10-11,15H,2-9H2,1H3. The minimum atomic E-state index is 0.346. The Morgan fingerprint density at radius 1 is 1.47 bits per heavy atom. The maximum atomic E-state index is 11.9. The van der Waals surface area contributed by atoms with Gasteiger partial charge in [0.15, 0.2) is 0 Å². The molecule has 2 fully saturated rings. The summed E-state index contributed by atoms with van der Waals surface area (Å²) in [7, 11) is 0. The summed E-state index contributed by atoms with van der Waals surface area (Å²) < 4.78 is 0. The third-order valence-corrected chi connectivity index (χ3v) is 5.09. The summed E-state index contributed by atoms with van der Waals surface area (Å²) in [5.41, 5.74) is 0.346. The van der Waals surface area contributed by atoms with Gasteiger partial charge in [-0.25, -0.2) is 0 Å². The summed E-state index contributed by atoms with van der Waals surface area (Å²) in [6.45, 7) is 2.37. The van der Waals surface area contributed by atoms with Crippen LogP contribution in [0.5, 0.6) is 0 Å². The van der Waals surface area contributed by atoms with Gasteiger partial charge in [-0.1, -0.05) is 6.92 Å². The molecule has 0 amide bonds. The molecule has 1 nitrogen and oxygen atoms in total. The van der Waals surface area contributed by atoms with Crippen molar-refractivity contribution < 1.29 is 4.79 Å². The Morgan fingerprint density at radius 3 is 3.00 bits per heavy atom. The molecule has 86 valence electrons. The fourth-order valence-corrected chi connectivity index (χ4v) is 4.03. The average molecular weight is 226 g/mol. The first kappa shape index (κ1) is 11.5. The van der Waals surface area contributed by atoms with Crippen LogP contribution < -0.4 is 0 Å². The van der Waals surface area contributed by atoms with E-state index < -0.39 is 0 Å². The van der Waals surface area contributed by atoms with Crippen molar-refractivity contribution in [2.45, 2.75) is 51.9 Å². The van der Waals surface area contributed by atoms with Crippen molar-refractivity contribution in [1.29, 1.82) is 0 Å². The lowest BCUT2D eigenvalue weighted by Gasteiger charge is -2.39. The zero-order valence-corrected chi connectivity index (χ0v) is 10.6. The third-order valence-electron chi connectivity index (χ3n) is 4.77. The van der Waals surface area contributed by atoms with Crippen LogP contribution in [0.25, 0.3) is 0 Å². The molecule has 2 rings (SSSR count). The summed E-state index contributed by atoms with van der Waals surface area (Å²) >= 11 is 4.29. The molecular weight excluding hydrogens is 204 g/mol. The first-order valence-corrected chi connectivity index (χ1v) is 6.95. The maximum absolute atomic E-state index is 11.9. The van der Waals surface area contributed by atoms with Crippen LogP contribution in [0.4, 0.5) is 0 Å². The van der Waals surface area contributed by atoms with Gasteiger partial charge < -0.3 is 0 Å². The summed E-state index contributed by atoms with van der Waals surface area (Å²) in [6.07, 6.45) is 8.19. The van der Waals surface area contributed by atoms with E-state index in [4.69, 9.17) is 0 Å². The van der Waals surface area contributed by atoms with E-state index in [1.165, 1.54) is 25.7 Å². The lowest BCUT2D eigenvalue weighted by molar-refractivity contribution is -0.129. The molecule has 0 heterocycles. The molecule has 2 heteroatoms. The molecule has 2 aliphatic rings. The smallest absolute Gasteiger partial charge is 0.136 e. The van der Waals surface area contributed by atoms with E-state index in [0.29, 0.717) is 17.1 Å². The highest BCUT2D eigenvalue weighted by Gasteiger charge is 2.50. The van der Waals surface area contributed by atoms with E-state index in [1.807, 2.05) is 0 Å². The Labute approximate surface area is 98.4 Å². The number of fused-ring (bicyclic) bond motifs is 1. The number of thiol groups is 1. The number of ketones is 1. The molecule has 0 aromatic heterocycles. The molecule has 3 atom stereocenters. The highest BCUT2D eigenvalue weighted by atomic mass is 32.1. The summed E-state index contributed by atoms with van der Waals surface area (Å²) in [6, 6.07) is 0. The quantitative estimate of drug-likeness (QED) is 0.729. The topological polar surface area (TPSA) is 17.1 Å². The van der Waals surface area contributed by atoms with Crippen LogP contribution in [0.2, 0.25) is 0 Å². The zero-order valence-electron chi connectivity index (χ0n) is 9.67. The minimum Gasteiger partial charge on any atom is -0.299 e. The Kier molecular flexibility index (Phi) is 3.44. The highest BCUT2D eigenvalue weighted by molar-refractivity contribution is 7.80. The van der Waals surface area contributed by atoms with Crippen LogP contribution in [0.3, 0.4) is 0 Å². The van der Waals surface area contributed by atoms with E-state index in [9.17, 15) is 4.79 Å². The molecule has 2 aliphatic carbocycles. The van der Waals surface area contributed by atoms with Gasteiger partial charge in [0, 0.05) is 12.3 Å². The lowest BCUT2D eigenvalue weighted by Crippen LogP contribution is -2.37. The predicted molar refractivity (Wildman–Crippen MR) is 66.3 cm³/mol. The molecule has 0 bridgehead atoms.